The van der Waals surface area contributed by atoms with Crippen molar-refractivity contribution in [1.82, 2.24) is 4.90 Å². The van der Waals surface area contributed by atoms with Crippen LogP contribution in [0.15, 0.2) is 35.9 Å². The number of methoxy groups -OCH3 is 1. The van der Waals surface area contributed by atoms with E-state index >= 15 is 0 Å². The fraction of sp³-hybridized carbons (Fsp3) is 0.654. The van der Waals surface area contributed by atoms with E-state index in [1.165, 1.54) is 24.9 Å². The lowest BCUT2D eigenvalue weighted by molar-refractivity contribution is -0.145. The molecule has 0 radical (unpaired) electrons. The molecule has 0 spiro atoms. The molecule has 1 saturated carbocycles. The summed E-state index contributed by atoms with van der Waals surface area (Å²) in [5.74, 6) is 1.81. The molecule has 5 heteroatoms. The number of hydrogen-bond donors (Lipinski definition) is 0. The largest absolute Gasteiger partial charge is 0.497 e. The zero-order valence-electron chi connectivity index (χ0n) is 19.2. The molecule has 0 bridgehead atoms. The van der Waals surface area contributed by atoms with Gasteiger partial charge >= 0.3 is 5.97 Å². The Hall–Kier alpha value is -2.01. The number of allylic oxidation sites excluding steroid dienone is 1. The minimum absolute atomic E-state index is 0.0105. The summed E-state index contributed by atoms with van der Waals surface area (Å²) in [6, 6.07) is 8.30. The number of hydrogen-bond acceptors (Lipinski definition) is 5. The first-order valence-corrected chi connectivity index (χ1v) is 12.0. The molecule has 5 rings (SSSR count). The number of anilines is 1. The normalized spacial score (nSPS) is 35.8. The molecule has 2 saturated heterocycles. The van der Waals surface area contributed by atoms with Crippen LogP contribution in [0, 0.1) is 23.2 Å². The molecule has 1 aromatic rings. The zero-order chi connectivity index (χ0) is 21.6. The Morgan fingerprint density at radius 3 is 2.61 bits per heavy atom. The molecular formula is C26H36N2O3. The average molecular weight is 425 g/mol. The molecule has 5 atom stereocenters. The first-order chi connectivity index (χ1) is 15.0. The van der Waals surface area contributed by atoms with Crippen LogP contribution in [0.25, 0.3) is 0 Å². The van der Waals surface area contributed by atoms with Gasteiger partial charge in [-0.15, -0.1) is 0 Å². The lowest BCUT2D eigenvalue weighted by atomic mass is 9.59. The third-order valence-corrected chi connectivity index (χ3v) is 8.35. The zero-order valence-corrected chi connectivity index (χ0v) is 19.2. The standard InChI is InChI=1S/C26H36N2O3/c1-18-5-4-10-26(2)16-24-21(15-23(18)26)22(25(29)31-24)17-27-11-13-28(14-12-27)19-6-8-20(30-3)9-7-19/h6-9,15,18,21-22,24H,4-5,10-14,16-17H2,1-3H3/t18-,21+,22+,24+,26+/m0/s1. The lowest BCUT2D eigenvalue weighted by Crippen LogP contribution is -2.49. The Labute approximate surface area is 186 Å². The fourth-order valence-corrected chi connectivity index (χ4v) is 6.52. The first kappa shape index (κ1) is 20.9. The Kier molecular flexibility index (Phi) is 5.49. The number of piperazine rings is 1. The summed E-state index contributed by atoms with van der Waals surface area (Å²) in [6.07, 6.45) is 7.38. The van der Waals surface area contributed by atoms with Crippen LogP contribution in [0.5, 0.6) is 5.75 Å². The monoisotopic (exact) mass is 424 g/mol. The average Bonchev–Trinajstić information content (AvgIpc) is 3.06. The maximum Gasteiger partial charge on any atom is 0.311 e. The Morgan fingerprint density at radius 2 is 1.90 bits per heavy atom. The minimum Gasteiger partial charge on any atom is -0.497 e. The number of nitrogens with zero attached hydrogens (tertiary/aromatic N) is 2. The van der Waals surface area contributed by atoms with Crippen LogP contribution in [0.1, 0.15) is 39.5 Å². The summed E-state index contributed by atoms with van der Waals surface area (Å²) in [7, 11) is 1.70. The van der Waals surface area contributed by atoms with Gasteiger partial charge in [-0.3, -0.25) is 9.69 Å². The molecule has 0 unspecified atom stereocenters. The van der Waals surface area contributed by atoms with Crippen LogP contribution >= 0.6 is 0 Å². The van der Waals surface area contributed by atoms with Crippen LogP contribution in [0.2, 0.25) is 0 Å². The third kappa shape index (κ3) is 3.86. The van der Waals surface area contributed by atoms with Crippen molar-refractivity contribution in [3.8, 4) is 5.75 Å². The molecule has 3 fully saturated rings. The van der Waals surface area contributed by atoms with Gasteiger partial charge in [0.15, 0.2) is 0 Å². The SMILES string of the molecule is COc1ccc(N2CCN(C[C@H]3C(=O)O[C@@H]4C[C@@]5(C)CCC[C@H](C)C5=C[C@@H]43)CC2)cc1. The van der Waals surface area contributed by atoms with Gasteiger partial charge in [-0.2, -0.15) is 0 Å². The summed E-state index contributed by atoms with van der Waals surface area (Å²) in [6.45, 7) is 9.52. The molecular weight excluding hydrogens is 388 g/mol. The van der Waals surface area contributed by atoms with Gasteiger partial charge in [-0.25, -0.2) is 0 Å². The first-order valence-electron chi connectivity index (χ1n) is 12.0. The van der Waals surface area contributed by atoms with Gasteiger partial charge < -0.3 is 14.4 Å². The number of esters is 1. The topological polar surface area (TPSA) is 42.0 Å². The highest BCUT2D eigenvalue weighted by molar-refractivity contribution is 5.76. The van der Waals surface area contributed by atoms with Crippen LogP contribution in [-0.4, -0.2) is 56.8 Å². The lowest BCUT2D eigenvalue weighted by Gasteiger charge is -2.46. The second kappa shape index (κ2) is 8.16. The van der Waals surface area contributed by atoms with Gasteiger partial charge in [0.05, 0.1) is 13.0 Å². The van der Waals surface area contributed by atoms with Crippen molar-refractivity contribution < 1.29 is 14.3 Å². The predicted molar refractivity (Wildman–Crippen MR) is 122 cm³/mol. The highest BCUT2D eigenvalue weighted by Gasteiger charge is 2.52. The van der Waals surface area contributed by atoms with Crippen molar-refractivity contribution in [2.45, 2.75) is 45.6 Å². The number of benzene rings is 1. The van der Waals surface area contributed by atoms with E-state index in [4.69, 9.17) is 9.47 Å². The molecule has 2 heterocycles. The van der Waals surface area contributed by atoms with Gasteiger partial charge in [0.2, 0.25) is 0 Å². The Morgan fingerprint density at radius 1 is 1.16 bits per heavy atom. The van der Waals surface area contributed by atoms with Crippen molar-refractivity contribution in [2.75, 3.05) is 44.7 Å². The Balaban J connectivity index is 1.24. The molecule has 5 nitrogen and oxygen atoms in total. The second-order valence-corrected chi connectivity index (χ2v) is 10.3. The molecule has 0 N–H and O–H groups in total. The van der Waals surface area contributed by atoms with E-state index in [9.17, 15) is 4.79 Å². The number of fused-ring (bicyclic) bond motifs is 2. The summed E-state index contributed by atoms with van der Waals surface area (Å²) in [5, 5.41) is 0. The fourth-order valence-electron chi connectivity index (χ4n) is 6.52. The van der Waals surface area contributed by atoms with E-state index in [1.54, 1.807) is 12.7 Å². The summed E-state index contributed by atoms with van der Waals surface area (Å²) in [4.78, 5) is 17.7. The van der Waals surface area contributed by atoms with E-state index in [2.05, 4.69) is 41.9 Å². The predicted octanol–water partition coefficient (Wildman–Crippen LogP) is 4.13. The van der Waals surface area contributed by atoms with Crippen LogP contribution < -0.4 is 9.64 Å². The van der Waals surface area contributed by atoms with Gasteiger partial charge in [0.1, 0.15) is 11.9 Å². The Bertz CT molecular complexity index is 843. The van der Waals surface area contributed by atoms with E-state index in [1.807, 2.05) is 12.1 Å². The van der Waals surface area contributed by atoms with Gasteiger partial charge in [0, 0.05) is 44.3 Å². The number of carbonyl (C=O) groups excluding carboxylic acids is 1. The molecule has 2 aliphatic heterocycles. The quantitative estimate of drug-likeness (QED) is 0.537. The van der Waals surface area contributed by atoms with Crippen molar-refractivity contribution in [3.05, 3.63) is 35.9 Å². The van der Waals surface area contributed by atoms with Crippen LogP contribution in [0.3, 0.4) is 0 Å². The molecule has 0 aromatic heterocycles. The number of rotatable bonds is 4. The highest BCUT2D eigenvalue weighted by atomic mass is 16.6. The third-order valence-electron chi connectivity index (χ3n) is 8.35. The number of ether oxygens (including phenoxy) is 2. The highest BCUT2D eigenvalue weighted by Crippen LogP contribution is 2.54. The summed E-state index contributed by atoms with van der Waals surface area (Å²) in [5.41, 5.74) is 3.08. The van der Waals surface area contributed by atoms with E-state index < -0.39 is 0 Å². The maximum absolute atomic E-state index is 12.9. The molecule has 0 amide bonds. The molecule has 4 aliphatic rings. The molecule has 168 valence electrons. The van der Waals surface area contributed by atoms with Crippen LogP contribution in [0.4, 0.5) is 5.69 Å². The van der Waals surface area contributed by atoms with E-state index in [-0.39, 0.29) is 29.3 Å². The summed E-state index contributed by atoms with van der Waals surface area (Å²) < 4.78 is 11.2. The van der Waals surface area contributed by atoms with Gasteiger partial charge in [0.25, 0.3) is 0 Å². The van der Waals surface area contributed by atoms with Gasteiger partial charge in [-0.1, -0.05) is 31.9 Å². The maximum atomic E-state index is 12.9. The van der Waals surface area contributed by atoms with E-state index in [0.29, 0.717) is 5.92 Å². The number of carbonyl (C=O) groups is 1. The van der Waals surface area contributed by atoms with Crippen molar-refractivity contribution in [2.24, 2.45) is 23.2 Å². The molecule has 1 aromatic carbocycles. The molecule has 31 heavy (non-hydrogen) atoms. The second-order valence-electron chi connectivity index (χ2n) is 10.3. The van der Waals surface area contributed by atoms with Crippen molar-refractivity contribution in [3.63, 3.8) is 0 Å². The van der Waals surface area contributed by atoms with Crippen LogP contribution in [-0.2, 0) is 9.53 Å². The van der Waals surface area contributed by atoms with E-state index in [0.717, 1.165) is 44.9 Å². The minimum atomic E-state index is -0.0105. The summed E-state index contributed by atoms with van der Waals surface area (Å²) >= 11 is 0. The molecule has 2 aliphatic carbocycles. The smallest absolute Gasteiger partial charge is 0.311 e. The van der Waals surface area contributed by atoms with Crippen molar-refractivity contribution >= 4 is 11.7 Å². The van der Waals surface area contributed by atoms with Crippen molar-refractivity contribution in [1.29, 1.82) is 0 Å². The van der Waals surface area contributed by atoms with Gasteiger partial charge in [-0.05, 0) is 54.9 Å².